The number of hydrogen-bond donors (Lipinski definition) is 1. The van der Waals surface area contributed by atoms with Gasteiger partial charge in [0, 0.05) is 18.8 Å². The first-order valence-electron chi connectivity index (χ1n) is 10.00. The van der Waals surface area contributed by atoms with E-state index in [1.165, 1.54) is 12.1 Å². The van der Waals surface area contributed by atoms with E-state index in [1.54, 1.807) is 18.2 Å². The van der Waals surface area contributed by atoms with Gasteiger partial charge in [0.2, 0.25) is 0 Å². The van der Waals surface area contributed by atoms with Crippen LogP contribution in [0.2, 0.25) is 0 Å². The minimum absolute atomic E-state index is 0.00420. The van der Waals surface area contributed by atoms with Crippen LogP contribution < -0.4 is 10.1 Å². The number of nitrogens with one attached hydrogen (secondary N) is 1. The molecule has 0 radical (unpaired) electrons. The number of fused-ring (bicyclic) bond motifs is 2. The van der Waals surface area contributed by atoms with Gasteiger partial charge in [-0.1, -0.05) is 24.3 Å². The van der Waals surface area contributed by atoms with Crippen LogP contribution in [-0.2, 0) is 0 Å². The van der Waals surface area contributed by atoms with Crippen molar-refractivity contribution in [2.45, 2.75) is 12.8 Å². The number of anilines is 1. The molecule has 2 heterocycles. The SMILES string of the molecule is O=C(Nc1ccc2c(c1)C(N1CCCC1)=Nc1ccccc1O2)c1ccccc1F. The normalized spacial score (nSPS) is 14.8. The van der Waals surface area contributed by atoms with Crippen LogP contribution in [0.4, 0.5) is 15.8 Å². The van der Waals surface area contributed by atoms with E-state index in [2.05, 4.69) is 10.2 Å². The first-order chi connectivity index (χ1) is 14.7. The largest absolute Gasteiger partial charge is 0.454 e. The summed E-state index contributed by atoms with van der Waals surface area (Å²) < 4.78 is 20.1. The Hall–Kier alpha value is -3.67. The third kappa shape index (κ3) is 3.41. The highest BCUT2D eigenvalue weighted by atomic mass is 19.1. The molecule has 2 aliphatic rings. The van der Waals surface area contributed by atoms with Crippen LogP contribution in [0.5, 0.6) is 11.5 Å². The maximum absolute atomic E-state index is 14.0. The van der Waals surface area contributed by atoms with E-state index >= 15 is 0 Å². The molecule has 150 valence electrons. The number of amides is 1. The van der Waals surface area contributed by atoms with Crippen molar-refractivity contribution >= 4 is 23.1 Å². The van der Waals surface area contributed by atoms with Crippen LogP contribution in [0.1, 0.15) is 28.8 Å². The smallest absolute Gasteiger partial charge is 0.258 e. The minimum Gasteiger partial charge on any atom is -0.454 e. The van der Waals surface area contributed by atoms with E-state index in [1.807, 2.05) is 36.4 Å². The van der Waals surface area contributed by atoms with Gasteiger partial charge in [0.25, 0.3) is 5.91 Å². The Morgan fingerprint density at radius 2 is 1.73 bits per heavy atom. The minimum atomic E-state index is -0.553. The number of nitrogens with zero attached hydrogens (tertiary/aromatic N) is 2. The van der Waals surface area contributed by atoms with E-state index in [0.29, 0.717) is 17.2 Å². The van der Waals surface area contributed by atoms with Gasteiger partial charge in [0.05, 0.1) is 11.1 Å². The molecule has 1 amide bonds. The summed E-state index contributed by atoms with van der Waals surface area (Å²) in [5, 5.41) is 2.79. The number of halogens is 1. The van der Waals surface area contributed by atoms with Crippen molar-refractivity contribution < 1.29 is 13.9 Å². The van der Waals surface area contributed by atoms with Crippen LogP contribution in [-0.4, -0.2) is 29.7 Å². The van der Waals surface area contributed by atoms with Crippen LogP contribution in [0.25, 0.3) is 0 Å². The number of aliphatic imine (C=N–C) groups is 1. The van der Waals surface area contributed by atoms with Gasteiger partial charge in [-0.25, -0.2) is 9.38 Å². The highest BCUT2D eigenvalue weighted by molar-refractivity contribution is 6.07. The Kier molecular flexibility index (Phi) is 4.67. The van der Waals surface area contributed by atoms with Gasteiger partial charge in [0.15, 0.2) is 5.75 Å². The summed E-state index contributed by atoms with van der Waals surface area (Å²) in [6.07, 6.45) is 2.22. The van der Waals surface area contributed by atoms with Crippen LogP contribution in [0, 0.1) is 5.82 Å². The van der Waals surface area contributed by atoms with Crippen molar-refractivity contribution in [3.63, 3.8) is 0 Å². The molecule has 5 rings (SSSR count). The average molecular weight is 401 g/mol. The topological polar surface area (TPSA) is 53.9 Å². The summed E-state index contributed by atoms with van der Waals surface area (Å²) in [6, 6.07) is 19.0. The van der Waals surface area contributed by atoms with Crippen molar-refractivity contribution in [1.82, 2.24) is 4.90 Å². The Labute approximate surface area is 173 Å². The number of carbonyl (C=O) groups is 1. The van der Waals surface area contributed by atoms with Gasteiger partial charge in [-0.05, 0) is 55.3 Å². The summed E-state index contributed by atoms with van der Waals surface area (Å²) in [5.41, 5.74) is 2.14. The lowest BCUT2D eigenvalue weighted by Gasteiger charge is -2.21. The molecule has 3 aromatic carbocycles. The predicted molar refractivity (Wildman–Crippen MR) is 114 cm³/mol. The van der Waals surface area contributed by atoms with E-state index in [4.69, 9.17) is 9.73 Å². The summed E-state index contributed by atoms with van der Waals surface area (Å²) in [5.74, 6) is 1.15. The maximum atomic E-state index is 14.0. The third-order valence-electron chi connectivity index (χ3n) is 5.31. The van der Waals surface area contributed by atoms with Crippen molar-refractivity contribution in [3.8, 4) is 11.5 Å². The van der Waals surface area contributed by atoms with E-state index in [9.17, 15) is 9.18 Å². The monoisotopic (exact) mass is 401 g/mol. The highest BCUT2D eigenvalue weighted by Gasteiger charge is 2.25. The number of rotatable bonds is 2. The first kappa shape index (κ1) is 18.4. The molecule has 0 bridgehead atoms. The third-order valence-corrected chi connectivity index (χ3v) is 5.31. The Bertz CT molecular complexity index is 1150. The number of benzene rings is 3. The standard InChI is InChI=1S/C24H20FN3O2/c25-19-8-2-1-7-17(19)24(29)26-16-11-12-21-18(15-16)23(28-13-5-6-14-28)27-20-9-3-4-10-22(20)30-21/h1-4,7-12,15H,5-6,13-14H2,(H,26,29). The number of amidine groups is 1. The molecule has 1 N–H and O–H groups in total. The molecule has 0 aliphatic carbocycles. The molecule has 6 heteroatoms. The number of carbonyl (C=O) groups excluding carboxylic acids is 1. The molecule has 1 saturated heterocycles. The number of ether oxygens (including phenoxy) is 1. The summed E-state index contributed by atoms with van der Waals surface area (Å²) in [6.45, 7) is 1.85. The molecule has 30 heavy (non-hydrogen) atoms. The second kappa shape index (κ2) is 7.63. The second-order valence-corrected chi connectivity index (χ2v) is 7.34. The lowest BCUT2D eigenvalue weighted by Crippen LogP contribution is -2.28. The fourth-order valence-corrected chi connectivity index (χ4v) is 3.81. The van der Waals surface area contributed by atoms with Gasteiger partial charge in [-0.15, -0.1) is 0 Å². The summed E-state index contributed by atoms with van der Waals surface area (Å²) >= 11 is 0. The Morgan fingerprint density at radius 3 is 2.57 bits per heavy atom. The van der Waals surface area contributed by atoms with Gasteiger partial charge in [-0.2, -0.15) is 0 Å². The van der Waals surface area contributed by atoms with Crippen LogP contribution >= 0.6 is 0 Å². The van der Waals surface area contributed by atoms with E-state index in [0.717, 1.165) is 43.0 Å². The molecular formula is C24H20FN3O2. The highest BCUT2D eigenvalue weighted by Crippen LogP contribution is 2.39. The van der Waals surface area contributed by atoms with Crippen LogP contribution in [0.3, 0.4) is 0 Å². The molecule has 1 fully saturated rings. The molecule has 5 nitrogen and oxygen atoms in total. The molecule has 3 aromatic rings. The van der Waals surface area contributed by atoms with Gasteiger partial charge in [0.1, 0.15) is 23.1 Å². The van der Waals surface area contributed by atoms with Crippen molar-refractivity contribution in [1.29, 1.82) is 0 Å². The van der Waals surface area contributed by atoms with E-state index in [-0.39, 0.29) is 5.56 Å². The Morgan fingerprint density at radius 1 is 0.967 bits per heavy atom. The zero-order valence-corrected chi connectivity index (χ0v) is 16.3. The number of hydrogen-bond acceptors (Lipinski definition) is 4. The lowest BCUT2D eigenvalue weighted by molar-refractivity contribution is 0.102. The Balaban J connectivity index is 1.54. The molecule has 0 atom stereocenters. The summed E-state index contributed by atoms with van der Waals surface area (Å²) in [7, 11) is 0. The molecule has 0 aromatic heterocycles. The van der Waals surface area contributed by atoms with Crippen molar-refractivity contribution in [3.05, 3.63) is 83.7 Å². The fraction of sp³-hybridized carbons (Fsp3) is 0.167. The molecule has 0 saturated carbocycles. The zero-order valence-electron chi connectivity index (χ0n) is 16.3. The number of likely N-dealkylation sites (tertiary alicyclic amines) is 1. The van der Waals surface area contributed by atoms with Crippen molar-refractivity contribution in [2.24, 2.45) is 4.99 Å². The lowest BCUT2D eigenvalue weighted by atomic mass is 10.1. The predicted octanol–water partition coefficient (Wildman–Crippen LogP) is 5.36. The molecular weight excluding hydrogens is 381 g/mol. The molecule has 0 spiro atoms. The van der Waals surface area contributed by atoms with Gasteiger partial charge in [-0.3, -0.25) is 4.79 Å². The second-order valence-electron chi connectivity index (χ2n) is 7.34. The van der Waals surface area contributed by atoms with Crippen LogP contribution in [0.15, 0.2) is 71.7 Å². The number of para-hydroxylation sites is 2. The molecule has 0 unspecified atom stereocenters. The zero-order chi connectivity index (χ0) is 20.5. The summed E-state index contributed by atoms with van der Waals surface area (Å²) in [4.78, 5) is 19.7. The van der Waals surface area contributed by atoms with Gasteiger partial charge < -0.3 is 15.0 Å². The van der Waals surface area contributed by atoms with Gasteiger partial charge >= 0.3 is 0 Å². The first-order valence-corrected chi connectivity index (χ1v) is 10.00. The average Bonchev–Trinajstić information content (AvgIpc) is 3.23. The fourth-order valence-electron chi connectivity index (χ4n) is 3.81. The maximum Gasteiger partial charge on any atom is 0.258 e. The molecule has 2 aliphatic heterocycles. The quantitative estimate of drug-likeness (QED) is 0.629. The van der Waals surface area contributed by atoms with E-state index < -0.39 is 11.7 Å². The van der Waals surface area contributed by atoms with Crippen molar-refractivity contribution in [2.75, 3.05) is 18.4 Å².